The van der Waals surface area contributed by atoms with Gasteiger partial charge in [0.2, 0.25) is 0 Å². The Kier molecular flexibility index (Phi) is 5.15. The van der Waals surface area contributed by atoms with Crippen molar-refractivity contribution in [1.29, 1.82) is 0 Å². The highest BCUT2D eigenvalue weighted by atomic mass is 19.4. The van der Waals surface area contributed by atoms with Crippen LogP contribution in [0.5, 0.6) is 0 Å². The number of rotatable bonds is 3. The molecule has 0 spiro atoms. The molecule has 1 aromatic carbocycles. The van der Waals surface area contributed by atoms with E-state index in [0.717, 1.165) is 25.0 Å². The predicted octanol–water partition coefficient (Wildman–Crippen LogP) is 4.72. The van der Waals surface area contributed by atoms with Gasteiger partial charge in [-0.25, -0.2) is 0 Å². The van der Waals surface area contributed by atoms with Crippen molar-refractivity contribution < 1.29 is 18.0 Å². The van der Waals surface area contributed by atoms with E-state index in [1.165, 1.54) is 24.5 Å². The summed E-state index contributed by atoms with van der Waals surface area (Å²) in [5.74, 6) is 0.365. The molecule has 1 saturated heterocycles. The molecule has 1 unspecified atom stereocenters. The van der Waals surface area contributed by atoms with Crippen LogP contribution in [0, 0.1) is 5.92 Å². The molecule has 1 aromatic heterocycles. The normalized spacial score (nSPS) is 17.8. The molecule has 0 aliphatic carbocycles. The van der Waals surface area contributed by atoms with Crippen molar-refractivity contribution >= 4 is 17.3 Å². The zero-order valence-electron chi connectivity index (χ0n) is 14.4. The van der Waals surface area contributed by atoms with Crippen molar-refractivity contribution in [3.8, 4) is 0 Å². The summed E-state index contributed by atoms with van der Waals surface area (Å²) in [4.78, 5) is 18.5. The number of nitrogens with zero attached hydrogens (tertiary/aromatic N) is 2. The van der Waals surface area contributed by atoms with Crippen LogP contribution in [-0.2, 0) is 6.18 Å². The number of hydrogen-bond donors (Lipinski definition) is 1. The third-order valence-corrected chi connectivity index (χ3v) is 4.41. The van der Waals surface area contributed by atoms with Crippen LogP contribution in [0.15, 0.2) is 42.7 Å². The maximum absolute atomic E-state index is 12.8. The number of pyridine rings is 1. The first-order valence-electron chi connectivity index (χ1n) is 8.51. The third-order valence-electron chi connectivity index (χ3n) is 4.41. The average molecular weight is 363 g/mol. The molecule has 1 aliphatic rings. The van der Waals surface area contributed by atoms with E-state index in [-0.39, 0.29) is 11.6 Å². The second-order valence-electron chi connectivity index (χ2n) is 6.66. The lowest BCUT2D eigenvalue weighted by Crippen LogP contribution is -2.39. The van der Waals surface area contributed by atoms with Crippen molar-refractivity contribution in [2.75, 3.05) is 18.4 Å². The van der Waals surface area contributed by atoms with Gasteiger partial charge in [0.15, 0.2) is 0 Å². The van der Waals surface area contributed by atoms with Crippen LogP contribution < -0.4 is 5.32 Å². The van der Waals surface area contributed by atoms with Crippen molar-refractivity contribution in [2.45, 2.75) is 25.9 Å². The lowest BCUT2D eigenvalue weighted by atomic mass is 10.00. The van der Waals surface area contributed by atoms with Gasteiger partial charge in [-0.05, 0) is 43.0 Å². The van der Waals surface area contributed by atoms with Crippen LogP contribution in [0.2, 0.25) is 0 Å². The van der Waals surface area contributed by atoms with Gasteiger partial charge < -0.3 is 10.2 Å². The van der Waals surface area contributed by atoms with Crippen molar-refractivity contribution in [2.24, 2.45) is 5.92 Å². The number of aromatic nitrogens is 1. The molecule has 1 N–H and O–H groups in total. The van der Waals surface area contributed by atoms with Gasteiger partial charge in [-0.15, -0.1) is 0 Å². The minimum atomic E-state index is -4.40. The number of halogens is 3. The predicted molar refractivity (Wildman–Crippen MR) is 93.3 cm³/mol. The van der Waals surface area contributed by atoms with Crippen LogP contribution in [0.4, 0.5) is 24.5 Å². The van der Waals surface area contributed by atoms with E-state index in [0.29, 0.717) is 30.3 Å². The number of anilines is 2. The molecule has 2 heterocycles. The monoisotopic (exact) mass is 363 g/mol. The number of carbonyl (C=O) groups is 1. The van der Waals surface area contributed by atoms with Crippen molar-refractivity contribution in [3.63, 3.8) is 0 Å². The lowest BCUT2D eigenvalue weighted by Gasteiger charge is -2.31. The number of alkyl halides is 3. The fourth-order valence-electron chi connectivity index (χ4n) is 3.12. The Morgan fingerprint density at radius 2 is 2.04 bits per heavy atom. The summed E-state index contributed by atoms with van der Waals surface area (Å²) in [7, 11) is 0. The number of carbonyl (C=O) groups excluding carboxylic acids is 1. The molecule has 1 aliphatic heterocycles. The van der Waals surface area contributed by atoms with Gasteiger partial charge in [0.25, 0.3) is 5.91 Å². The van der Waals surface area contributed by atoms with Crippen LogP contribution in [0.3, 0.4) is 0 Å². The highest BCUT2D eigenvalue weighted by molar-refractivity contribution is 5.95. The van der Waals surface area contributed by atoms with Crippen molar-refractivity contribution in [1.82, 2.24) is 9.88 Å². The Bertz CT molecular complexity index is 792. The molecular weight excluding hydrogens is 343 g/mol. The van der Waals surface area contributed by atoms with Crippen LogP contribution >= 0.6 is 0 Å². The first kappa shape index (κ1) is 18.2. The molecule has 1 fully saturated rings. The molecule has 0 bridgehead atoms. The summed E-state index contributed by atoms with van der Waals surface area (Å²) in [6.45, 7) is 3.54. The van der Waals surface area contributed by atoms with Gasteiger partial charge in [-0.1, -0.05) is 13.0 Å². The highest BCUT2D eigenvalue weighted by Gasteiger charge is 2.30. The molecule has 26 heavy (non-hydrogen) atoms. The average Bonchev–Trinajstić information content (AvgIpc) is 2.61. The summed E-state index contributed by atoms with van der Waals surface area (Å²) in [6, 6.07) is 6.54. The topological polar surface area (TPSA) is 45.2 Å². The summed E-state index contributed by atoms with van der Waals surface area (Å²) in [5, 5.41) is 2.89. The zero-order valence-corrected chi connectivity index (χ0v) is 14.4. The van der Waals surface area contributed by atoms with Gasteiger partial charge in [-0.2, -0.15) is 13.2 Å². The molecular formula is C19H20F3N3O. The van der Waals surface area contributed by atoms with Gasteiger partial charge in [0.05, 0.1) is 23.0 Å². The quantitative estimate of drug-likeness (QED) is 0.859. The highest BCUT2D eigenvalue weighted by Crippen LogP contribution is 2.31. The maximum atomic E-state index is 12.8. The maximum Gasteiger partial charge on any atom is 0.416 e. The minimum Gasteiger partial charge on any atom is -0.354 e. The minimum absolute atomic E-state index is 0.100. The smallest absolute Gasteiger partial charge is 0.354 e. The van der Waals surface area contributed by atoms with E-state index in [9.17, 15) is 18.0 Å². The SMILES string of the molecule is CC1CCCN(C(=O)c2cncc(Nc3cccc(C(F)(F)F)c3)c2)C1. The first-order chi connectivity index (χ1) is 12.3. The lowest BCUT2D eigenvalue weighted by molar-refractivity contribution is -0.137. The second kappa shape index (κ2) is 7.35. The number of piperidine rings is 1. The zero-order chi connectivity index (χ0) is 18.7. The molecule has 0 saturated carbocycles. The largest absolute Gasteiger partial charge is 0.416 e. The Morgan fingerprint density at radius 1 is 1.23 bits per heavy atom. The number of likely N-dealkylation sites (tertiary alicyclic amines) is 1. The summed E-state index contributed by atoms with van der Waals surface area (Å²) in [6.07, 6.45) is 0.648. The first-order valence-corrected chi connectivity index (χ1v) is 8.51. The van der Waals surface area contributed by atoms with Crippen molar-refractivity contribution in [3.05, 3.63) is 53.9 Å². The van der Waals surface area contributed by atoms with Gasteiger partial charge in [0, 0.05) is 25.0 Å². The van der Waals surface area contributed by atoms with Gasteiger partial charge >= 0.3 is 6.18 Å². The Morgan fingerprint density at radius 3 is 2.77 bits per heavy atom. The van der Waals surface area contributed by atoms with E-state index in [2.05, 4.69) is 17.2 Å². The summed E-state index contributed by atoms with van der Waals surface area (Å²) in [5.41, 5.74) is 0.458. The molecule has 1 atom stereocenters. The standard InChI is InChI=1S/C19H20F3N3O/c1-13-4-3-7-25(12-13)18(26)14-8-17(11-23-10-14)24-16-6-2-5-15(9-16)19(20,21)22/h2,5-6,8-11,13,24H,3-4,7,12H2,1H3. The summed E-state index contributed by atoms with van der Waals surface area (Å²) < 4.78 is 38.5. The Balaban J connectivity index is 1.76. The molecule has 138 valence electrons. The molecule has 0 radical (unpaired) electrons. The number of hydrogen-bond acceptors (Lipinski definition) is 3. The van der Waals surface area contributed by atoms with Crippen LogP contribution in [0.25, 0.3) is 0 Å². The molecule has 2 aromatic rings. The van der Waals surface area contributed by atoms with E-state index in [4.69, 9.17) is 0 Å². The fourth-order valence-corrected chi connectivity index (χ4v) is 3.12. The van der Waals surface area contributed by atoms with E-state index < -0.39 is 11.7 Å². The molecule has 7 heteroatoms. The molecule has 1 amide bonds. The fraction of sp³-hybridized carbons (Fsp3) is 0.368. The van der Waals surface area contributed by atoms with E-state index in [1.54, 1.807) is 11.0 Å². The van der Waals surface area contributed by atoms with E-state index >= 15 is 0 Å². The van der Waals surface area contributed by atoms with E-state index in [1.807, 2.05) is 0 Å². The van der Waals surface area contributed by atoms with Gasteiger partial charge in [-0.3, -0.25) is 9.78 Å². The number of benzene rings is 1. The number of nitrogens with one attached hydrogen (secondary N) is 1. The Hall–Kier alpha value is -2.57. The summed E-state index contributed by atoms with van der Waals surface area (Å²) >= 11 is 0. The molecule has 3 rings (SSSR count). The second-order valence-corrected chi connectivity index (χ2v) is 6.66. The Labute approximate surface area is 150 Å². The van der Waals surface area contributed by atoms with Crippen LogP contribution in [-0.4, -0.2) is 28.9 Å². The number of amides is 1. The van der Waals surface area contributed by atoms with Crippen LogP contribution in [0.1, 0.15) is 35.7 Å². The molecule has 4 nitrogen and oxygen atoms in total. The third kappa shape index (κ3) is 4.33. The van der Waals surface area contributed by atoms with Gasteiger partial charge in [0.1, 0.15) is 0 Å².